The van der Waals surface area contributed by atoms with Crippen molar-refractivity contribution >= 4 is 5.91 Å². The van der Waals surface area contributed by atoms with Gasteiger partial charge in [0, 0.05) is 23.7 Å². The molecule has 0 saturated heterocycles. The van der Waals surface area contributed by atoms with Crippen molar-refractivity contribution in [3.8, 4) is 23.0 Å². The second-order valence-electron chi connectivity index (χ2n) is 8.56. The second kappa shape index (κ2) is 11.0. The first kappa shape index (κ1) is 25.5. The van der Waals surface area contributed by atoms with Crippen molar-refractivity contribution in [2.45, 2.75) is 38.8 Å². The average Bonchev–Trinajstić information content (AvgIpc) is 3.55. The molecule has 11 heteroatoms. The maximum atomic E-state index is 13.9. The summed E-state index contributed by atoms with van der Waals surface area (Å²) in [5.41, 5.74) is 6.38. The molecule has 1 fully saturated rings. The van der Waals surface area contributed by atoms with E-state index >= 15 is 0 Å². The number of ether oxygens (including phenoxy) is 2. The zero-order chi connectivity index (χ0) is 25.8. The molecule has 0 aliphatic heterocycles. The van der Waals surface area contributed by atoms with Gasteiger partial charge in [0.25, 0.3) is 12.3 Å². The summed E-state index contributed by atoms with van der Waals surface area (Å²) in [6.07, 6.45) is -0.583. The number of oxazole rings is 1. The van der Waals surface area contributed by atoms with Gasteiger partial charge in [0.2, 0.25) is 5.89 Å². The third-order valence-corrected chi connectivity index (χ3v) is 5.46. The lowest BCUT2D eigenvalue weighted by molar-refractivity contribution is 0.0798. The number of amides is 1. The van der Waals surface area contributed by atoms with Gasteiger partial charge in [0.1, 0.15) is 18.2 Å². The molecule has 1 aliphatic carbocycles. The maximum absolute atomic E-state index is 13.9. The number of hydrogen-bond donors (Lipinski definition) is 2. The van der Waals surface area contributed by atoms with Crippen LogP contribution in [-0.4, -0.2) is 30.5 Å². The molecule has 0 unspecified atom stereocenters. The fraction of sp³-hybridized carbons (Fsp3) is 0.360. The normalized spacial score (nSPS) is 14.1. The number of benzene rings is 2. The Balaban J connectivity index is 1.57. The van der Waals surface area contributed by atoms with Crippen LogP contribution in [0, 0.1) is 17.6 Å². The molecule has 4 rings (SSSR count). The minimum atomic E-state index is -2.65. The molecule has 3 aromatic rings. The molecular weight excluding hydrogens is 482 g/mol. The number of halogens is 4. The molecule has 1 atom stereocenters. The van der Waals surface area contributed by atoms with E-state index < -0.39 is 36.6 Å². The number of alkyl halides is 2. The van der Waals surface area contributed by atoms with Crippen LogP contribution in [0.3, 0.4) is 0 Å². The van der Waals surface area contributed by atoms with E-state index in [0.717, 1.165) is 25.0 Å². The SMILES string of the molecule is C[C@H](N)c1oc(-c2ccc(OCC(F)F)c(OCC3CC3)c2)nc1C(=O)NCc1ccc(F)cc1F. The summed E-state index contributed by atoms with van der Waals surface area (Å²) in [5, 5.41) is 2.53. The summed E-state index contributed by atoms with van der Waals surface area (Å²) in [5.74, 6) is -1.23. The Kier molecular flexibility index (Phi) is 7.78. The highest BCUT2D eigenvalue weighted by atomic mass is 19.3. The van der Waals surface area contributed by atoms with Crippen LogP contribution >= 0.6 is 0 Å². The monoisotopic (exact) mass is 507 g/mol. The predicted octanol–water partition coefficient (Wildman–Crippen LogP) is 5.00. The highest BCUT2D eigenvalue weighted by Gasteiger charge is 2.26. The van der Waals surface area contributed by atoms with Gasteiger partial charge in [0.05, 0.1) is 12.6 Å². The number of hydrogen-bond acceptors (Lipinski definition) is 6. The summed E-state index contributed by atoms with van der Waals surface area (Å²) in [7, 11) is 0. The molecule has 0 radical (unpaired) electrons. The number of carbonyl (C=O) groups is 1. The number of nitrogens with zero attached hydrogens (tertiary/aromatic N) is 1. The van der Waals surface area contributed by atoms with E-state index in [1.807, 2.05) is 0 Å². The van der Waals surface area contributed by atoms with Gasteiger partial charge in [-0.15, -0.1) is 0 Å². The maximum Gasteiger partial charge on any atom is 0.273 e. The van der Waals surface area contributed by atoms with Crippen LogP contribution in [0.15, 0.2) is 40.8 Å². The Bertz CT molecular complexity index is 1230. The van der Waals surface area contributed by atoms with E-state index in [9.17, 15) is 22.4 Å². The van der Waals surface area contributed by atoms with Crippen molar-refractivity contribution in [2.24, 2.45) is 11.7 Å². The number of nitrogens with two attached hydrogens (primary N) is 1. The van der Waals surface area contributed by atoms with Gasteiger partial charge in [-0.1, -0.05) is 6.07 Å². The Morgan fingerprint density at radius 3 is 2.61 bits per heavy atom. The lowest BCUT2D eigenvalue weighted by Gasteiger charge is -2.13. The predicted molar refractivity (Wildman–Crippen MR) is 122 cm³/mol. The first-order chi connectivity index (χ1) is 17.2. The van der Waals surface area contributed by atoms with Gasteiger partial charge in [-0.05, 0) is 49.9 Å². The highest BCUT2D eigenvalue weighted by Crippen LogP contribution is 2.36. The van der Waals surface area contributed by atoms with Crippen molar-refractivity contribution in [1.29, 1.82) is 0 Å². The molecule has 1 aromatic heterocycles. The molecular formula is C25H25F4N3O4. The number of rotatable bonds is 11. The van der Waals surface area contributed by atoms with Gasteiger partial charge in [-0.2, -0.15) is 0 Å². The highest BCUT2D eigenvalue weighted by molar-refractivity contribution is 5.94. The molecule has 1 amide bonds. The largest absolute Gasteiger partial charge is 0.489 e. The third kappa shape index (κ3) is 6.34. The Hall–Kier alpha value is -3.60. The molecule has 2 aromatic carbocycles. The van der Waals surface area contributed by atoms with E-state index in [0.29, 0.717) is 18.1 Å². The minimum absolute atomic E-state index is 0.0529. The van der Waals surface area contributed by atoms with Gasteiger partial charge < -0.3 is 24.9 Å². The molecule has 7 nitrogen and oxygen atoms in total. The lowest BCUT2D eigenvalue weighted by atomic mass is 10.2. The van der Waals surface area contributed by atoms with E-state index in [-0.39, 0.29) is 41.0 Å². The summed E-state index contributed by atoms with van der Waals surface area (Å²) >= 11 is 0. The summed E-state index contributed by atoms with van der Waals surface area (Å²) in [4.78, 5) is 17.1. The minimum Gasteiger partial charge on any atom is -0.489 e. The molecule has 1 saturated carbocycles. The fourth-order valence-electron chi connectivity index (χ4n) is 3.37. The van der Waals surface area contributed by atoms with E-state index in [4.69, 9.17) is 19.6 Å². The number of carbonyl (C=O) groups excluding carboxylic acids is 1. The molecule has 3 N–H and O–H groups in total. The first-order valence-corrected chi connectivity index (χ1v) is 11.4. The molecule has 0 spiro atoms. The number of aromatic nitrogens is 1. The van der Waals surface area contributed by atoms with Crippen LogP contribution in [0.5, 0.6) is 11.5 Å². The van der Waals surface area contributed by atoms with E-state index in [1.54, 1.807) is 6.92 Å². The Morgan fingerprint density at radius 2 is 1.94 bits per heavy atom. The summed E-state index contributed by atoms with van der Waals surface area (Å²) < 4.78 is 69.1. The molecule has 192 valence electrons. The van der Waals surface area contributed by atoms with Crippen LogP contribution in [0.2, 0.25) is 0 Å². The topological polar surface area (TPSA) is 99.6 Å². The van der Waals surface area contributed by atoms with Gasteiger partial charge in [-0.25, -0.2) is 22.5 Å². The van der Waals surface area contributed by atoms with Crippen molar-refractivity contribution in [3.63, 3.8) is 0 Å². The fourth-order valence-corrected chi connectivity index (χ4v) is 3.37. The van der Waals surface area contributed by atoms with Crippen LogP contribution in [0.25, 0.3) is 11.5 Å². The zero-order valence-corrected chi connectivity index (χ0v) is 19.4. The standard InChI is InChI=1S/C25H25F4N3O4/c1-13(30)23-22(24(33)31-10-16-4-6-17(26)9-18(16)27)32-25(36-23)15-5-7-19(35-12-21(28)29)20(8-15)34-11-14-2-3-14/h4-9,13-14,21H,2-3,10-12,30H2,1H3,(H,31,33)/t13-/m0/s1. The van der Waals surface area contributed by atoms with Crippen LogP contribution in [0.4, 0.5) is 17.6 Å². The quantitative estimate of drug-likeness (QED) is 0.354. The van der Waals surface area contributed by atoms with Crippen LogP contribution in [0.1, 0.15) is 47.6 Å². The first-order valence-electron chi connectivity index (χ1n) is 11.4. The van der Waals surface area contributed by atoms with Crippen molar-refractivity contribution < 1.29 is 36.2 Å². The van der Waals surface area contributed by atoms with Gasteiger partial charge in [0.15, 0.2) is 23.0 Å². The third-order valence-electron chi connectivity index (χ3n) is 5.46. The van der Waals surface area contributed by atoms with Crippen LogP contribution in [-0.2, 0) is 6.54 Å². The molecule has 1 aliphatic rings. The van der Waals surface area contributed by atoms with Crippen molar-refractivity contribution in [2.75, 3.05) is 13.2 Å². The van der Waals surface area contributed by atoms with Crippen molar-refractivity contribution in [1.82, 2.24) is 10.3 Å². The Labute approximate surface area is 204 Å². The average molecular weight is 507 g/mol. The summed E-state index contributed by atoms with van der Waals surface area (Å²) in [6, 6.07) is 6.88. The Morgan fingerprint density at radius 1 is 1.17 bits per heavy atom. The van der Waals surface area contributed by atoms with Crippen LogP contribution < -0.4 is 20.5 Å². The number of nitrogens with one attached hydrogen (secondary N) is 1. The molecule has 36 heavy (non-hydrogen) atoms. The molecule has 0 bridgehead atoms. The van der Waals surface area contributed by atoms with Gasteiger partial charge in [-0.3, -0.25) is 4.79 Å². The van der Waals surface area contributed by atoms with E-state index in [1.165, 1.54) is 24.3 Å². The summed E-state index contributed by atoms with van der Waals surface area (Å²) in [6.45, 7) is 1.03. The second-order valence-corrected chi connectivity index (χ2v) is 8.56. The lowest BCUT2D eigenvalue weighted by Crippen LogP contribution is -2.25. The van der Waals surface area contributed by atoms with Gasteiger partial charge >= 0.3 is 0 Å². The smallest absolute Gasteiger partial charge is 0.273 e. The van der Waals surface area contributed by atoms with Crippen molar-refractivity contribution in [3.05, 3.63) is 65.1 Å². The molecule has 1 heterocycles. The van der Waals surface area contributed by atoms with E-state index in [2.05, 4.69) is 10.3 Å². The zero-order valence-electron chi connectivity index (χ0n) is 19.4.